The van der Waals surface area contributed by atoms with Crippen molar-refractivity contribution < 1.29 is 9.53 Å². The largest absolute Gasteiger partial charge is 0.497 e. The van der Waals surface area contributed by atoms with Gasteiger partial charge in [0.2, 0.25) is 0 Å². The lowest BCUT2D eigenvalue weighted by molar-refractivity contribution is 0.0938. The zero-order valence-corrected chi connectivity index (χ0v) is 16.0. The number of hydrogen-bond donors (Lipinski definition) is 1. The van der Waals surface area contributed by atoms with Crippen LogP contribution in [0, 0.1) is 13.8 Å². The molecule has 1 saturated heterocycles. The number of likely N-dealkylation sites (tertiary alicyclic amines) is 1. The minimum Gasteiger partial charge on any atom is -0.497 e. The SMILES string of the molecule is COc1cccc(C(CNC(=O)c2cc(C)sc2C)N2CCCC2)c1. The van der Waals surface area contributed by atoms with Crippen molar-refractivity contribution >= 4 is 17.2 Å². The van der Waals surface area contributed by atoms with Gasteiger partial charge in [0.15, 0.2) is 0 Å². The van der Waals surface area contributed by atoms with Crippen LogP contribution in [0.4, 0.5) is 0 Å². The number of carbonyl (C=O) groups excluding carboxylic acids is 1. The predicted molar refractivity (Wildman–Crippen MR) is 103 cm³/mol. The molecule has 134 valence electrons. The second-order valence-corrected chi connectivity index (χ2v) is 8.03. The van der Waals surface area contributed by atoms with E-state index in [0.29, 0.717) is 6.54 Å². The average Bonchev–Trinajstić information content (AvgIpc) is 3.25. The standard InChI is InChI=1S/C20H26N2O2S/c1-14-11-18(15(2)25-14)20(23)21-13-19(22-9-4-5-10-22)16-7-6-8-17(12-16)24-3/h6-8,11-12,19H,4-5,9-10,13H2,1-3H3,(H,21,23). The van der Waals surface area contributed by atoms with Crippen molar-refractivity contribution in [3.8, 4) is 5.75 Å². The number of methoxy groups -OCH3 is 1. The van der Waals surface area contributed by atoms with Gasteiger partial charge in [0.25, 0.3) is 5.91 Å². The summed E-state index contributed by atoms with van der Waals surface area (Å²) in [5.74, 6) is 0.881. The summed E-state index contributed by atoms with van der Waals surface area (Å²) in [7, 11) is 1.69. The topological polar surface area (TPSA) is 41.6 Å². The maximum atomic E-state index is 12.6. The molecule has 1 aromatic heterocycles. The first-order chi connectivity index (χ1) is 12.1. The summed E-state index contributed by atoms with van der Waals surface area (Å²) in [6.45, 7) is 6.81. The number of rotatable bonds is 6. The third-order valence-electron chi connectivity index (χ3n) is 4.80. The van der Waals surface area contributed by atoms with Gasteiger partial charge in [-0.15, -0.1) is 11.3 Å². The van der Waals surface area contributed by atoms with E-state index in [2.05, 4.69) is 22.3 Å². The number of nitrogens with one attached hydrogen (secondary N) is 1. The third-order valence-corrected chi connectivity index (χ3v) is 5.77. The Kier molecular flexibility index (Phi) is 5.76. The van der Waals surface area contributed by atoms with Gasteiger partial charge in [0.05, 0.1) is 18.7 Å². The summed E-state index contributed by atoms with van der Waals surface area (Å²) in [4.78, 5) is 17.3. The van der Waals surface area contributed by atoms with E-state index in [-0.39, 0.29) is 11.9 Å². The van der Waals surface area contributed by atoms with Crippen molar-refractivity contribution in [2.24, 2.45) is 0 Å². The van der Waals surface area contributed by atoms with Crippen molar-refractivity contribution in [2.75, 3.05) is 26.7 Å². The van der Waals surface area contributed by atoms with Crippen LogP contribution >= 0.6 is 11.3 Å². The van der Waals surface area contributed by atoms with Crippen LogP contribution in [0.3, 0.4) is 0 Å². The Balaban J connectivity index is 1.75. The molecule has 4 nitrogen and oxygen atoms in total. The third kappa shape index (κ3) is 4.22. The Morgan fingerprint density at radius 2 is 2.04 bits per heavy atom. The number of ether oxygens (including phenoxy) is 1. The van der Waals surface area contributed by atoms with Gasteiger partial charge in [0, 0.05) is 16.3 Å². The molecule has 1 atom stereocenters. The lowest BCUT2D eigenvalue weighted by Gasteiger charge is -2.28. The van der Waals surface area contributed by atoms with Gasteiger partial charge in [0.1, 0.15) is 5.75 Å². The first-order valence-corrected chi connectivity index (χ1v) is 9.63. The van der Waals surface area contributed by atoms with E-state index in [9.17, 15) is 4.79 Å². The van der Waals surface area contributed by atoms with E-state index < -0.39 is 0 Å². The molecule has 1 fully saturated rings. The van der Waals surface area contributed by atoms with Crippen LogP contribution in [0.2, 0.25) is 0 Å². The normalized spacial score (nSPS) is 16.0. The fraction of sp³-hybridized carbons (Fsp3) is 0.450. The van der Waals surface area contributed by atoms with Crippen molar-refractivity contribution in [3.05, 3.63) is 51.2 Å². The number of benzene rings is 1. The number of carbonyl (C=O) groups is 1. The first kappa shape index (κ1) is 18.0. The molecule has 1 aromatic carbocycles. The van der Waals surface area contributed by atoms with Crippen molar-refractivity contribution in [2.45, 2.75) is 32.7 Å². The van der Waals surface area contributed by atoms with Crippen LogP contribution in [0.1, 0.15) is 44.6 Å². The van der Waals surface area contributed by atoms with E-state index in [1.54, 1.807) is 18.4 Å². The first-order valence-electron chi connectivity index (χ1n) is 8.81. The van der Waals surface area contributed by atoms with Crippen LogP contribution in [-0.4, -0.2) is 37.6 Å². The lowest BCUT2D eigenvalue weighted by atomic mass is 10.0. The number of thiophene rings is 1. The molecule has 5 heteroatoms. The van der Waals surface area contributed by atoms with Gasteiger partial charge >= 0.3 is 0 Å². The van der Waals surface area contributed by atoms with Crippen molar-refractivity contribution in [1.29, 1.82) is 0 Å². The fourth-order valence-corrected chi connectivity index (χ4v) is 4.42. The van der Waals surface area contributed by atoms with Gasteiger partial charge in [-0.2, -0.15) is 0 Å². The Morgan fingerprint density at radius 3 is 2.68 bits per heavy atom. The highest BCUT2D eigenvalue weighted by Gasteiger charge is 2.25. The van der Waals surface area contributed by atoms with Crippen LogP contribution in [0.25, 0.3) is 0 Å². The van der Waals surface area contributed by atoms with Gasteiger partial charge in [-0.1, -0.05) is 12.1 Å². The van der Waals surface area contributed by atoms with E-state index in [4.69, 9.17) is 4.74 Å². The molecule has 0 saturated carbocycles. The molecule has 25 heavy (non-hydrogen) atoms. The number of nitrogens with zero attached hydrogens (tertiary/aromatic N) is 1. The summed E-state index contributed by atoms with van der Waals surface area (Å²) in [5, 5.41) is 3.15. The van der Waals surface area contributed by atoms with E-state index >= 15 is 0 Å². The molecule has 1 aliphatic heterocycles. The summed E-state index contributed by atoms with van der Waals surface area (Å²) in [5.41, 5.74) is 1.99. The summed E-state index contributed by atoms with van der Waals surface area (Å²) >= 11 is 1.67. The highest BCUT2D eigenvalue weighted by atomic mass is 32.1. The molecule has 1 unspecified atom stereocenters. The molecule has 1 amide bonds. The van der Waals surface area contributed by atoms with E-state index in [1.165, 1.54) is 23.3 Å². The predicted octanol–water partition coefficient (Wildman–Crippen LogP) is 3.94. The molecular weight excluding hydrogens is 332 g/mol. The number of hydrogen-bond acceptors (Lipinski definition) is 4. The van der Waals surface area contributed by atoms with Gasteiger partial charge in [-0.25, -0.2) is 0 Å². The zero-order chi connectivity index (χ0) is 17.8. The van der Waals surface area contributed by atoms with Crippen molar-refractivity contribution in [3.63, 3.8) is 0 Å². The van der Waals surface area contributed by atoms with Gasteiger partial charge in [-0.05, 0) is 63.5 Å². The Morgan fingerprint density at radius 1 is 1.28 bits per heavy atom. The quantitative estimate of drug-likeness (QED) is 0.850. The Bertz CT molecular complexity index is 735. The molecule has 0 spiro atoms. The number of amides is 1. The maximum absolute atomic E-state index is 12.6. The second-order valence-electron chi connectivity index (χ2n) is 6.57. The highest BCUT2D eigenvalue weighted by Crippen LogP contribution is 2.27. The lowest BCUT2D eigenvalue weighted by Crippen LogP contribution is -2.36. The van der Waals surface area contributed by atoms with E-state index in [0.717, 1.165) is 29.3 Å². The average molecular weight is 359 g/mol. The zero-order valence-electron chi connectivity index (χ0n) is 15.2. The fourth-order valence-electron chi connectivity index (χ4n) is 3.50. The van der Waals surface area contributed by atoms with Crippen LogP contribution in [0.5, 0.6) is 5.75 Å². The molecule has 2 aromatic rings. The highest BCUT2D eigenvalue weighted by molar-refractivity contribution is 7.12. The summed E-state index contributed by atoms with van der Waals surface area (Å²) in [6.07, 6.45) is 2.44. The van der Waals surface area contributed by atoms with E-state index in [1.807, 2.05) is 32.0 Å². The van der Waals surface area contributed by atoms with Crippen molar-refractivity contribution in [1.82, 2.24) is 10.2 Å². The van der Waals surface area contributed by atoms with Crippen LogP contribution in [-0.2, 0) is 0 Å². The Labute approximate surface area is 153 Å². The molecule has 0 bridgehead atoms. The summed E-state index contributed by atoms with van der Waals surface area (Å²) < 4.78 is 5.38. The molecule has 3 rings (SSSR count). The maximum Gasteiger partial charge on any atom is 0.252 e. The molecular formula is C20H26N2O2S. The smallest absolute Gasteiger partial charge is 0.252 e. The van der Waals surface area contributed by atoms with Crippen LogP contribution < -0.4 is 10.1 Å². The molecule has 1 N–H and O–H groups in total. The van der Waals surface area contributed by atoms with Gasteiger partial charge in [-0.3, -0.25) is 9.69 Å². The minimum absolute atomic E-state index is 0.0222. The second kappa shape index (κ2) is 8.02. The molecule has 2 heterocycles. The Hall–Kier alpha value is -1.85. The molecule has 1 aliphatic rings. The van der Waals surface area contributed by atoms with Gasteiger partial charge < -0.3 is 10.1 Å². The monoisotopic (exact) mass is 358 g/mol. The van der Waals surface area contributed by atoms with Crippen LogP contribution in [0.15, 0.2) is 30.3 Å². The molecule has 0 aliphatic carbocycles. The summed E-state index contributed by atoms with van der Waals surface area (Å²) in [6, 6.07) is 10.3. The molecule has 0 radical (unpaired) electrons. The minimum atomic E-state index is 0.0222. The number of aryl methyl sites for hydroxylation is 2.